The summed E-state index contributed by atoms with van der Waals surface area (Å²) >= 11 is 7.36. The van der Waals surface area contributed by atoms with Gasteiger partial charge in [0.15, 0.2) is 0 Å². The second kappa shape index (κ2) is 8.11. The summed E-state index contributed by atoms with van der Waals surface area (Å²) < 4.78 is 5.46. The van der Waals surface area contributed by atoms with Gasteiger partial charge in [-0.25, -0.2) is 4.90 Å². The number of hydrogen-bond donors (Lipinski definition) is 1. The zero-order chi connectivity index (χ0) is 20.4. The third kappa shape index (κ3) is 3.77. The lowest BCUT2D eigenvalue weighted by molar-refractivity contribution is -0.120. The summed E-state index contributed by atoms with van der Waals surface area (Å²) in [4.78, 5) is 28.3. The van der Waals surface area contributed by atoms with E-state index in [9.17, 15) is 9.59 Å². The Morgan fingerprint density at radius 3 is 2.34 bits per heavy atom. The molecule has 0 atom stereocenters. The van der Waals surface area contributed by atoms with Crippen molar-refractivity contribution in [2.75, 3.05) is 16.8 Å². The summed E-state index contributed by atoms with van der Waals surface area (Å²) in [6.07, 6.45) is 0. The van der Waals surface area contributed by atoms with E-state index in [1.54, 1.807) is 24.3 Å². The number of imide groups is 1. The zero-order valence-electron chi connectivity index (χ0n) is 15.5. The number of amides is 2. The van der Waals surface area contributed by atoms with Gasteiger partial charge in [-0.15, -0.1) is 11.3 Å². The van der Waals surface area contributed by atoms with E-state index in [0.29, 0.717) is 28.6 Å². The average molecular weight is 425 g/mol. The van der Waals surface area contributed by atoms with E-state index >= 15 is 0 Å². The highest BCUT2D eigenvalue weighted by Gasteiger charge is 2.40. The third-order valence-electron chi connectivity index (χ3n) is 4.37. The van der Waals surface area contributed by atoms with Crippen molar-refractivity contribution in [1.82, 2.24) is 0 Å². The summed E-state index contributed by atoms with van der Waals surface area (Å²) in [5.74, 6) is -0.0371. The molecule has 29 heavy (non-hydrogen) atoms. The van der Waals surface area contributed by atoms with Gasteiger partial charge in [-0.2, -0.15) is 0 Å². The minimum Gasteiger partial charge on any atom is -0.494 e. The molecule has 146 valence electrons. The second-order valence-electron chi connectivity index (χ2n) is 6.23. The fraction of sp³-hybridized carbons (Fsp3) is 0.0909. The Bertz CT molecular complexity index is 1070. The lowest BCUT2D eigenvalue weighted by Gasteiger charge is -2.15. The summed E-state index contributed by atoms with van der Waals surface area (Å²) in [6.45, 7) is 2.49. The molecule has 0 fully saturated rings. The number of benzene rings is 2. The number of anilines is 2. The third-order valence-corrected chi connectivity index (χ3v) is 5.51. The first-order valence-corrected chi connectivity index (χ1v) is 10.3. The van der Waals surface area contributed by atoms with Crippen LogP contribution in [-0.2, 0) is 9.59 Å². The number of halogens is 1. The minimum atomic E-state index is -0.408. The number of hydrogen-bond acceptors (Lipinski definition) is 5. The van der Waals surface area contributed by atoms with Crippen LogP contribution in [0, 0.1) is 0 Å². The molecule has 2 heterocycles. The number of rotatable bonds is 6. The highest BCUT2D eigenvalue weighted by atomic mass is 35.5. The molecule has 2 aromatic carbocycles. The van der Waals surface area contributed by atoms with E-state index in [-0.39, 0.29) is 11.6 Å². The van der Waals surface area contributed by atoms with Crippen LogP contribution in [0.1, 0.15) is 11.8 Å². The molecule has 1 aliphatic heterocycles. The van der Waals surface area contributed by atoms with Crippen molar-refractivity contribution in [3.63, 3.8) is 0 Å². The molecule has 0 spiro atoms. The Morgan fingerprint density at radius 1 is 1.00 bits per heavy atom. The van der Waals surface area contributed by atoms with Gasteiger partial charge in [0.2, 0.25) is 0 Å². The Balaban J connectivity index is 1.72. The molecule has 0 saturated carbocycles. The SMILES string of the molecule is CCOc1ccc(NC2=C(c3cccs3)C(=O)N(c3ccc(Cl)cc3)C2=O)cc1. The predicted molar refractivity (Wildman–Crippen MR) is 116 cm³/mol. The van der Waals surface area contributed by atoms with Gasteiger partial charge in [0.05, 0.1) is 17.9 Å². The van der Waals surface area contributed by atoms with E-state index in [4.69, 9.17) is 16.3 Å². The lowest BCUT2D eigenvalue weighted by Crippen LogP contribution is -2.32. The molecule has 0 unspecified atom stereocenters. The first kappa shape index (κ1) is 19.2. The van der Waals surface area contributed by atoms with Crippen molar-refractivity contribution >= 4 is 51.7 Å². The van der Waals surface area contributed by atoms with E-state index in [0.717, 1.165) is 10.6 Å². The van der Waals surface area contributed by atoms with Crippen LogP contribution in [0.2, 0.25) is 5.02 Å². The van der Waals surface area contributed by atoms with Crippen molar-refractivity contribution in [2.24, 2.45) is 0 Å². The standard InChI is InChI=1S/C22H17ClN2O3S/c1-2-28-17-11-7-15(8-12-17)24-20-19(18-4-3-13-29-18)21(26)25(22(20)27)16-9-5-14(23)6-10-16/h3-13,24H,2H2,1H3. The zero-order valence-corrected chi connectivity index (χ0v) is 17.1. The quantitative estimate of drug-likeness (QED) is 0.553. The predicted octanol–water partition coefficient (Wildman–Crippen LogP) is 5.20. The first-order valence-electron chi connectivity index (χ1n) is 9.01. The maximum absolute atomic E-state index is 13.2. The molecule has 5 nitrogen and oxygen atoms in total. The molecule has 7 heteroatoms. The second-order valence-corrected chi connectivity index (χ2v) is 7.62. The van der Waals surface area contributed by atoms with Crippen molar-refractivity contribution in [3.8, 4) is 5.75 Å². The lowest BCUT2D eigenvalue weighted by atomic mass is 10.2. The molecule has 1 aromatic heterocycles. The molecule has 1 aliphatic rings. The van der Waals surface area contributed by atoms with E-state index < -0.39 is 5.91 Å². The number of carbonyl (C=O) groups is 2. The van der Waals surface area contributed by atoms with Gasteiger partial charge in [-0.1, -0.05) is 17.7 Å². The highest BCUT2D eigenvalue weighted by molar-refractivity contribution is 7.11. The van der Waals surface area contributed by atoms with Crippen molar-refractivity contribution in [1.29, 1.82) is 0 Å². The topological polar surface area (TPSA) is 58.6 Å². The van der Waals surface area contributed by atoms with Crippen LogP contribution in [0.5, 0.6) is 5.75 Å². The molecule has 3 aromatic rings. The van der Waals surface area contributed by atoms with Crippen LogP contribution >= 0.6 is 22.9 Å². The van der Waals surface area contributed by atoms with Gasteiger partial charge >= 0.3 is 0 Å². The largest absolute Gasteiger partial charge is 0.494 e. The number of carbonyl (C=O) groups excluding carboxylic acids is 2. The Morgan fingerprint density at radius 2 is 1.72 bits per heavy atom. The first-order chi connectivity index (χ1) is 14.1. The number of thiophene rings is 1. The van der Waals surface area contributed by atoms with Crippen molar-refractivity contribution in [2.45, 2.75) is 6.92 Å². The van der Waals surface area contributed by atoms with Crippen molar-refractivity contribution in [3.05, 3.63) is 81.6 Å². The Kier molecular flexibility index (Phi) is 5.38. The van der Waals surface area contributed by atoms with Crippen LogP contribution in [0.25, 0.3) is 5.57 Å². The van der Waals surface area contributed by atoms with Crippen LogP contribution in [0.4, 0.5) is 11.4 Å². The van der Waals surface area contributed by atoms with E-state index in [1.165, 1.54) is 16.2 Å². The molecule has 2 amide bonds. The highest BCUT2D eigenvalue weighted by Crippen LogP contribution is 2.36. The molecular weight excluding hydrogens is 408 g/mol. The molecule has 0 radical (unpaired) electrons. The summed E-state index contributed by atoms with van der Waals surface area (Å²) in [6, 6.07) is 17.6. The molecular formula is C22H17ClN2O3S. The molecule has 4 rings (SSSR count). The maximum Gasteiger partial charge on any atom is 0.282 e. The molecule has 0 aliphatic carbocycles. The van der Waals surface area contributed by atoms with E-state index in [2.05, 4.69) is 5.32 Å². The van der Waals surface area contributed by atoms with E-state index in [1.807, 2.05) is 48.7 Å². The fourth-order valence-electron chi connectivity index (χ4n) is 3.07. The van der Waals surface area contributed by atoms with Crippen LogP contribution < -0.4 is 15.0 Å². The molecule has 0 saturated heterocycles. The van der Waals surface area contributed by atoms with Crippen LogP contribution in [-0.4, -0.2) is 18.4 Å². The number of nitrogens with zero attached hydrogens (tertiary/aromatic N) is 1. The van der Waals surface area contributed by atoms with Gasteiger partial charge in [-0.3, -0.25) is 9.59 Å². The smallest absolute Gasteiger partial charge is 0.282 e. The fourth-order valence-corrected chi connectivity index (χ4v) is 3.96. The maximum atomic E-state index is 13.2. The molecule has 1 N–H and O–H groups in total. The number of ether oxygens (including phenoxy) is 1. The minimum absolute atomic E-state index is 0.247. The van der Waals surface area contributed by atoms with Gasteiger partial charge in [0.1, 0.15) is 11.4 Å². The van der Waals surface area contributed by atoms with Gasteiger partial charge in [0, 0.05) is 15.6 Å². The monoisotopic (exact) mass is 424 g/mol. The summed E-state index contributed by atoms with van der Waals surface area (Å²) in [5, 5.41) is 5.54. The van der Waals surface area contributed by atoms with Crippen LogP contribution in [0.15, 0.2) is 71.7 Å². The normalized spacial score (nSPS) is 13.9. The van der Waals surface area contributed by atoms with Gasteiger partial charge in [-0.05, 0) is 66.9 Å². The van der Waals surface area contributed by atoms with Gasteiger partial charge < -0.3 is 10.1 Å². The Labute approximate surface area is 177 Å². The number of nitrogens with one attached hydrogen (secondary N) is 1. The molecule has 0 bridgehead atoms. The van der Waals surface area contributed by atoms with Crippen LogP contribution in [0.3, 0.4) is 0 Å². The Hall–Kier alpha value is -3.09. The van der Waals surface area contributed by atoms with Crippen molar-refractivity contribution < 1.29 is 14.3 Å². The summed E-state index contributed by atoms with van der Waals surface area (Å²) in [7, 11) is 0. The van der Waals surface area contributed by atoms with Gasteiger partial charge in [0.25, 0.3) is 11.8 Å². The average Bonchev–Trinajstić information content (AvgIpc) is 3.32. The summed E-state index contributed by atoms with van der Waals surface area (Å²) in [5.41, 5.74) is 1.77.